The van der Waals surface area contributed by atoms with Crippen LogP contribution in [0.4, 0.5) is 0 Å². The Kier molecular flexibility index (Phi) is 4.79. The first-order valence-electron chi connectivity index (χ1n) is 8.70. The first-order valence-corrected chi connectivity index (χ1v) is 9.58. The van der Waals surface area contributed by atoms with Gasteiger partial charge in [-0.25, -0.2) is 0 Å². The van der Waals surface area contributed by atoms with E-state index >= 15 is 0 Å². The van der Waals surface area contributed by atoms with E-state index in [1.54, 1.807) is 29.5 Å². The van der Waals surface area contributed by atoms with Crippen LogP contribution in [0.25, 0.3) is 0 Å². The Labute approximate surface area is 155 Å². The first kappa shape index (κ1) is 16.9. The van der Waals surface area contributed by atoms with Crippen molar-refractivity contribution in [2.45, 2.75) is 12.8 Å². The fraction of sp³-hybridized carbons (Fsp3) is 0.368. The lowest BCUT2D eigenvalue weighted by molar-refractivity contribution is -0.130. The van der Waals surface area contributed by atoms with Crippen molar-refractivity contribution in [1.29, 1.82) is 0 Å². The van der Waals surface area contributed by atoms with E-state index in [1.807, 2.05) is 27.3 Å². The SMILES string of the molecule is O=C(Cc1cccs1)N1CCCN(C(=O)c2ccc3c(c2)OCO3)CC1. The number of ether oxygens (including phenoxy) is 2. The summed E-state index contributed by atoms with van der Waals surface area (Å²) < 4.78 is 10.6. The second-order valence-electron chi connectivity index (χ2n) is 6.35. The van der Waals surface area contributed by atoms with Gasteiger partial charge >= 0.3 is 0 Å². The third kappa shape index (κ3) is 3.53. The lowest BCUT2D eigenvalue weighted by Crippen LogP contribution is -2.37. The zero-order valence-electron chi connectivity index (χ0n) is 14.3. The van der Waals surface area contributed by atoms with E-state index < -0.39 is 0 Å². The van der Waals surface area contributed by atoms with Crippen molar-refractivity contribution in [3.63, 3.8) is 0 Å². The minimum atomic E-state index is -0.0316. The maximum Gasteiger partial charge on any atom is 0.254 e. The molecule has 136 valence electrons. The molecule has 0 atom stereocenters. The first-order chi connectivity index (χ1) is 12.7. The highest BCUT2D eigenvalue weighted by atomic mass is 32.1. The van der Waals surface area contributed by atoms with Crippen LogP contribution in [0, 0.1) is 0 Å². The molecule has 1 fully saturated rings. The summed E-state index contributed by atoms with van der Waals surface area (Å²) in [7, 11) is 0. The number of fused-ring (bicyclic) bond motifs is 1. The fourth-order valence-corrected chi connectivity index (χ4v) is 3.95. The average molecular weight is 372 g/mol. The van der Waals surface area contributed by atoms with Crippen molar-refractivity contribution in [1.82, 2.24) is 9.80 Å². The van der Waals surface area contributed by atoms with Crippen LogP contribution in [0.5, 0.6) is 11.5 Å². The van der Waals surface area contributed by atoms with Crippen molar-refractivity contribution in [3.8, 4) is 11.5 Å². The molecular formula is C19H20N2O4S. The van der Waals surface area contributed by atoms with Gasteiger partial charge < -0.3 is 19.3 Å². The van der Waals surface area contributed by atoms with E-state index in [2.05, 4.69) is 0 Å². The molecule has 0 radical (unpaired) electrons. The summed E-state index contributed by atoms with van der Waals surface area (Å²) in [6.07, 6.45) is 1.22. The van der Waals surface area contributed by atoms with Gasteiger partial charge in [0.25, 0.3) is 5.91 Å². The highest BCUT2D eigenvalue weighted by molar-refractivity contribution is 7.10. The number of benzene rings is 1. The van der Waals surface area contributed by atoms with Gasteiger partial charge in [0.15, 0.2) is 11.5 Å². The quantitative estimate of drug-likeness (QED) is 0.830. The van der Waals surface area contributed by atoms with Gasteiger partial charge in [-0.2, -0.15) is 0 Å². The smallest absolute Gasteiger partial charge is 0.254 e. The van der Waals surface area contributed by atoms with E-state index in [4.69, 9.17) is 9.47 Å². The summed E-state index contributed by atoms with van der Waals surface area (Å²) in [5.41, 5.74) is 0.590. The molecule has 0 saturated carbocycles. The van der Waals surface area contributed by atoms with Crippen LogP contribution in [0.1, 0.15) is 21.7 Å². The Bertz CT molecular complexity index is 806. The summed E-state index contributed by atoms with van der Waals surface area (Å²) in [6, 6.07) is 9.21. The minimum Gasteiger partial charge on any atom is -0.454 e. The Morgan fingerprint density at radius 1 is 1.00 bits per heavy atom. The predicted molar refractivity (Wildman–Crippen MR) is 97.7 cm³/mol. The van der Waals surface area contributed by atoms with E-state index in [0.717, 1.165) is 11.3 Å². The van der Waals surface area contributed by atoms with Crippen LogP contribution in [0.2, 0.25) is 0 Å². The molecule has 1 saturated heterocycles. The molecular weight excluding hydrogens is 352 g/mol. The number of hydrogen-bond acceptors (Lipinski definition) is 5. The summed E-state index contributed by atoms with van der Waals surface area (Å²) in [6.45, 7) is 2.65. The van der Waals surface area contributed by atoms with E-state index in [0.29, 0.717) is 49.7 Å². The third-order valence-electron chi connectivity index (χ3n) is 4.66. The Morgan fingerprint density at radius 3 is 2.65 bits per heavy atom. The second kappa shape index (κ2) is 7.37. The third-order valence-corrected chi connectivity index (χ3v) is 5.54. The van der Waals surface area contributed by atoms with Crippen LogP contribution < -0.4 is 9.47 Å². The predicted octanol–water partition coefficient (Wildman–Crippen LogP) is 2.39. The van der Waals surface area contributed by atoms with E-state index in [9.17, 15) is 9.59 Å². The van der Waals surface area contributed by atoms with E-state index in [1.165, 1.54) is 0 Å². The Hall–Kier alpha value is -2.54. The maximum absolute atomic E-state index is 12.8. The number of carbonyl (C=O) groups is 2. The molecule has 26 heavy (non-hydrogen) atoms. The highest BCUT2D eigenvalue weighted by Crippen LogP contribution is 2.32. The molecule has 0 bridgehead atoms. The van der Waals surface area contributed by atoms with Gasteiger partial charge in [0.2, 0.25) is 12.7 Å². The fourth-order valence-electron chi connectivity index (χ4n) is 3.26. The largest absolute Gasteiger partial charge is 0.454 e. The average Bonchev–Trinajstić information content (AvgIpc) is 3.27. The molecule has 2 aliphatic rings. The molecule has 1 aromatic carbocycles. The monoisotopic (exact) mass is 372 g/mol. The van der Waals surface area contributed by atoms with Gasteiger partial charge in [-0.3, -0.25) is 9.59 Å². The summed E-state index contributed by atoms with van der Waals surface area (Å²) in [5.74, 6) is 1.38. The van der Waals surface area contributed by atoms with Gasteiger partial charge in [-0.1, -0.05) is 6.07 Å². The summed E-state index contributed by atoms with van der Waals surface area (Å²) >= 11 is 1.60. The lowest BCUT2D eigenvalue weighted by atomic mass is 10.1. The van der Waals surface area contributed by atoms with Crippen LogP contribution >= 0.6 is 11.3 Å². The van der Waals surface area contributed by atoms with Crippen molar-refractivity contribution in [2.75, 3.05) is 33.0 Å². The number of nitrogens with zero attached hydrogens (tertiary/aromatic N) is 2. The molecule has 0 aliphatic carbocycles. The normalized spacial score (nSPS) is 16.5. The molecule has 6 nitrogen and oxygen atoms in total. The van der Waals surface area contributed by atoms with Gasteiger partial charge in [-0.05, 0) is 36.1 Å². The number of amides is 2. The molecule has 2 aliphatic heterocycles. The molecule has 0 N–H and O–H groups in total. The molecule has 4 rings (SSSR count). The lowest BCUT2D eigenvalue weighted by Gasteiger charge is -2.22. The van der Waals surface area contributed by atoms with Crippen LogP contribution in [0.15, 0.2) is 35.7 Å². The van der Waals surface area contributed by atoms with E-state index in [-0.39, 0.29) is 18.6 Å². The zero-order valence-corrected chi connectivity index (χ0v) is 15.2. The van der Waals surface area contributed by atoms with Crippen molar-refractivity contribution in [3.05, 3.63) is 46.2 Å². The number of rotatable bonds is 3. The summed E-state index contributed by atoms with van der Waals surface area (Å²) in [4.78, 5) is 30.1. The van der Waals surface area contributed by atoms with Gasteiger partial charge in [0.1, 0.15) is 0 Å². The molecule has 1 aromatic heterocycles. The van der Waals surface area contributed by atoms with Crippen LogP contribution in [0.3, 0.4) is 0 Å². The van der Waals surface area contributed by atoms with Gasteiger partial charge in [0, 0.05) is 36.6 Å². The number of carbonyl (C=O) groups excluding carboxylic acids is 2. The van der Waals surface area contributed by atoms with Crippen LogP contribution in [-0.4, -0.2) is 54.6 Å². The second-order valence-corrected chi connectivity index (χ2v) is 7.38. The topological polar surface area (TPSA) is 59.1 Å². The molecule has 0 spiro atoms. The van der Waals surface area contributed by atoms with Gasteiger partial charge in [-0.15, -0.1) is 11.3 Å². The van der Waals surface area contributed by atoms with Crippen molar-refractivity contribution < 1.29 is 19.1 Å². The standard InChI is InChI=1S/C19H20N2O4S/c22-18(12-15-3-1-10-26-15)20-6-2-7-21(9-8-20)19(23)14-4-5-16-17(11-14)25-13-24-16/h1,3-5,10-11H,2,6-9,12-13H2. The Morgan fingerprint density at radius 2 is 1.81 bits per heavy atom. The number of hydrogen-bond donors (Lipinski definition) is 0. The maximum atomic E-state index is 12.8. The van der Waals surface area contributed by atoms with Crippen molar-refractivity contribution in [2.24, 2.45) is 0 Å². The molecule has 0 unspecified atom stereocenters. The zero-order chi connectivity index (χ0) is 17.9. The van der Waals surface area contributed by atoms with Gasteiger partial charge in [0.05, 0.1) is 6.42 Å². The number of thiophene rings is 1. The van der Waals surface area contributed by atoms with Crippen molar-refractivity contribution >= 4 is 23.2 Å². The Balaban J connectivity index is 1.38. The molecule has 3 heterocycles. The minimum absolute atomic E-state index is 0.0316. The molecule has 2 aromatic rings. The molecule has 2 amide bonds. The highest BCUT2D eigenvalue weighted by Gasteiger charge is 2.24. The molecule has 7 heteroatoms. The van der Waals surface area contributed by atoms with Crippen LogP contribution in [-0.2, 0) is 11.2 Å². The summed E-state index contributed by atoms with van der Waals surface area (Å²) in [5, 5.41) is 1.98.